The third kappa shape index (κ3) is 4.17. The van der Waals surface area contributed by atoms with Gasteiger partial charge in [-0.1, -0.05) is 17.7 Å². The van der Waals surface area contributed by atoms with Gasteiger partial charge < -0.3 is 10.4 Å². The van der Waals surface area contributed by atoms with Gasteiger partial charge in [0.05, 0.1) is 15.6 Å². The molecule has 0 fully saturated rings. The van der Waals surface area contributed by atoms with Crippen molar-refractivity contribution < 1.29 is 19.6 Å². The van der Waals surface area contributed by atoms with Crippen LogP contribution in [0, 0.1) is 10.1 Å². The Hall–Kier alpha value is -3.13. The molecule has 2 aromatic carbocycles. The number of anilines is 2. The van der Waals surface area contributed by atoms with Gasteiger partial charge in [-0.25, -0.2) is 4.79 Å². The molecule has 23 heavy (non-hydrogen) atoms. The quantitative estimate of drug-likeness (QED) is 0.582. The molecule has 9 heteroatoms. The van der Waals surface area contributed by atoms with Crippen molar-refractivity contribution in [3.8, 4) is 0 Å². The first-order chi connectivity index (χ1) is 10.9. The van der Waals surface area contributed by atoms with Gasteiger partial charge in [-0.3, -0.25) is 20.2 Å². The number of nitro groups is 1. The molecule has 0 heterocycles. The molecule has 0 aliphatic rings. The van der Waals surface area contributed by atoms with Crippen LogP contribution in [0.1, 0.15) is 10.4 Å². The summed E-state index contributed by atoms with van der Waals surface area (Å²) in [6, 6.07) is 9.37. The molecule has 0 saturated carbocycles. The SMILES string of the molecule is O=C(O)Nc1ccc(Cl)c(NC(=O)c2cccc([N+](=O)[O-])c2)c1. The summed E-state index contributed by atoms with van der Waals surface area (Å²) in [6.07, 6.45) is -1.26. The summed E-state index contributed by atoms with van der Waals surface area (Å²) in [6.45, 7) is 0. The topological polar surface area (TPSA) is 122 Å². The fourth-order valence-corrected chi connectivity index (χ4v) is 1.94. The van der Waals surface area contributed by atoms with Crippen LogP contribution in [-0.4, -0.2) is 22.0 Å². The highest BCUT2D eigenvalue weighted by atomic mass is 35.5. The summed E-state index contributed by atoms with van der Waals surface area (Å²) in [5, 5.41) is 24.2. The number of rotatable bonds is 4. The van der Waals surface area contributed by atoms with E-state index in [1.165, 1.54) is 36.4 Å². The molecule has 0 saturated heterocycles. The molecular weight excluding hydrogens is 326 g/mol. The van der Waals surface area contributed by atoms with Crippen molar-refractivity contribution in [3.05, 3.63) is 63.2 Å². The van der Waals surface area contributed by atoms with Gasteiger partial charge in [0.25, 0.3) is 11.6 Å². The smallest absolute Gasteiger partial charge is 0.409 e. The average molecular weight is 336 g/mol. The Morgan fingerprint density at radius 2 is 1.87 bits per heavy atom. The zero-order valence-electron chi connectivity index (χ0n) is 11.4. The van der Waals surface area contributed by atoms with Gasteiger partial charge in [0.2, 0.25) is 0 Å². The summed E-state index contributed by atoms with van der Waals surface area (Å²) < 4.78 is 0. The lowest BCUT2D eigenvalue weighted by atomic mass is 10.2. The summed E-state index contributed by atoms with van der Waals surface area (Å²) >= 11 is 5.95. The number of carbonyl (C=O) groups is 2. The molecule has 0 spiro atoms. The lowest BCUT2D eigenvalue weighted by Crippen LogP contribution is -2.13. The van der Waals surface area contributed by atoms with Gasteiger partial charge in [-0.15, -0.1) is 0 Å². The van der Waals surface area contributed by atoms with E-state index in [0.29, 0.717) is 0 Å². The molecule has 3 N–H and O–H groups in total. The fourth-order valence-electron chi connectivity index (χ4n) is 1.78. The zero-order chi connectivity index (χ0) is 17.0. The minimum absolute atomic E-state index is 0.0758. The molecule has 2 rings (SSSR count). The Balaban J connectivity index is 2.24. The Bertz CT molecular complexity index is 794. The lowest BCUT2D eigenvalue weighted by molar-refractivity contribution is -0.384. The maximum Gasteiger partial charge on any atom is 0.409 e. The molecule has 0 aliphatic heterocycles. The molecule has 2 amide bonds. The van der Waals surface area contributed by atoms with Crippen LogP contribution < -0.4 is 10.6 Å². The first-order valence-corrected chi connectivity index (χ1v) is 6.60. The molecule has 0 atom stereocenters. The van der Waals surface area contributed by atoms with Gasteiger partial charge in [0.1, 0.15) is 0 Å². The Morgan fingerprint density at radius 3 is 2.52 bits per heavy atom. The van der Waals surface area contributed by atoms with Gasteiger partial charge in [0, 0.05) is 23.4 Å². The number of amides is 2. The van der Waals surface area contributed by atoms with Gasteiger partial charge in [-0.05, 0) is 24.3 Å². The number of nitrogens with zero attached hydrogens (tertiary/aromatic N) is 1. The van der Waals surface area contributed by atoms with E-state index in [-0.39, 0.29) is 27.6 Å². The summed E-state index contributed by atoms with van der Waals surface area (Å²) in [5.41, 5.74) is 0.252. The lowest BCUT2D eigenvalue weighted by Gasteiger charge is -2.09. The van der Waals surface area contributed by atoms with Crippen molar-refractivity contribution >= 4 is 40.7 Å². The fraction of sp³-hybridized carbons (Fsp3) is 0. The highest BCUT2D eigenvalue weighted by Crippen LogP contribution is 2.26. The molecule has 0 aliphatic carbocycles. The second-order valence-electron chi connectivity index (χ2n) is 4.39. The van der Waals surface area contributed by atoms with E-state index in [2.05, 4.69) is 10.6 Å². The third-order valence-electron chi connectivity index (χ3n) is 2.78. The molecule has 0 radical (unpaired) electrons. The van der Waals surface area contributed by atoms with Crippen LogP contribution in [0.3, 0.4) is 0 Å². The predicted molar refractivity (Wildman–Crippen MR) is 84.1 cm³/mol. The molecule has 118 valence electrons. The highest BCUT2D eigenvalue weighted by Gasteiger charge is 2.13. The van der Waals surface area contributed by atoms with Crippen LogP contribution in [0.4, 0.5) is 21.9 Å². The van der Waals surface area contributed by atoms with Crippen LogP contribution in [0.5, 0.6) is 0 Å². The summed E-state index contributed by atoms with van der Waals surface area (Å²) in [7, 11) is 0. The van der Waals surface area contributed by atoms with E-state index in [1.807, 2.05) is 0 Å². The minimum Gasteiger partial charge on any atom is -0.465 e. The number of hydrogen-bond acceptors (Lipinski definition) is 4. The van der Waals surface area contributed by atoms with Crippen LogP contribution in [0.15, 0.2) is 42.5 Å². The molecular formula is C14H10ClN3O5. The minimum atomic E-state index is -1.26. The van der Waals surface area contributed by atoms with Gasteiger partial charge in [-0.2, -0.15) is 0 Å². The first-order valence-electron chi connectivity index (χ1n) is 6.22. The van der Waals surface area contributed by atoms with E-state index in [1.54, 1.807) is 0 Å². The number of non-ortho nitro benzene ring substituents is 1. The number of benzene rings is 2. The normalized spacial score (nSPS) is 9.96. The van der Waals surface area contributed by atoms with Crippen molar-refractivity contribution in [2.45, 2.75) is 0 Å². The van der Waals surface area contributed by atoms with Gasteiger partial charge in [0.15, 0.2) is 0 Å². The number of halogens is 1. The summed E-state index contributed by atoms with van der Waals surface area (Å²) in [5.74, 6) is -0.608. The molecule has 8 nitrogen and oxygen atoms in total. The number of carboxylic acid groups (broad SMARTS) is 1. The highest BCUT2D eigenvalue weighted by molar-refractivity contribution is 6.34. The second kappa shape index (κ2) is 6.75. The maximum absolute atomic E-state index is 12.1. The molecule has 0 bridgehead atoms. The molecule has 2 aromatic rings. The van der Waals surface area contributed by atoms with E-state index < -0.39 is 16.9 Å². The van der Waals surface area contributed by atoms with E-state index in [4.69, 9.17) is 16.7 Å². The number of nitrogens with one attached hydrogen (secondary N) is 2. The third-order valence-corrected chi connectivity index (χ3v) is 3.11. The van der Waals surface area contributed by atoms with Crippen molar-refractivity contribution in [2.75, 3.05) is 10.6 Å². The Kier molecular flexibility index (Phi) is 4.77. The Morgan fingerprint density at radius 1 is 1.13 bits per heavy atom. The number of carbonyl (C=O) groups excluding carboxylic acids is 1. The van der Waals surface area contributed by atoms with Crippen molar-refractivity contribution in [3.63, 3.8) is 0 Å². The Labute approximate surface area is 134 Å². The van der Waals surface area contributed by atoms with Crippen LogP contribution in [0.25, 0.3) is 0 Å². The predicted octanol–water partition coefficient (Wildman–Crippen LogP) is 3.59. The average Bonchev–Trinajstić information content (AvgIpc) is 2.50. The van der Waals surface area contributed by atoms with Crippen LogP contribution in [0.2, 0.25) is 5.02 Å². The number of nitro benzene ring substituents is 1. The van der Waals surface area contributed by atoms with Crippen LogP contribution >= 0.6 is 11.6 Å². The van der Waals surface area contributed by atoms with Crippen molar-refractivity contribution in [1.29, 1.82) is 0 Å². The zero-order valence-corrected chi connectivity index (χ0v) is 12.2. The number of hydrogen-bond donors (Lipinski definition) is 3. The maximum atomic E-state index is 12.1. The van der Waals surface area contributed by atoms with E-state index in [9.17, 15) is 19.7 Å². The first kappa shape index (κ1) is 16.2. The van der Waals surface area contributed by atoms with E-state index in [0.717, 1.165) is 6.07 Å². The van der Waals surface area contributed by atoms with E-state index >= 15 is 0 Å². The monoisotopic (exact) mass is 335 g/mol. The van der Waals surface area contributed by atoms with Crippen molar-refractivity contribution in [1.82, 2.24) is 0 Å². The summed E-state index contributed by atoms with van der Waals surface area (Å²) in [4.78, 5) is 32.9. The van der Waals surface area contributed by atoms with Gasteiger partial charge >= 0.3 is 6.09 Å². The standard InChI is InChI=1S/C14H10ClN3O5/c15-11-5-4-9(16-14(20)21)7-12(11)17-13(19)8-2-1-3-10(6-8)18(22)23/h1-7,16H,(H,17,19)(H,20,21). The molecule has 0 aromatic heterocycles. The van der Waals surface area contributed by atoms with Crippen LogP contribution in [-0.2, 0) is 0 Å². The largest absolute Gasteiger partial charge is 0.465 e. The molecule has 0 unspecified atom stereocenters. The second-order valence-corrected chi connectivity index (χ2v) is 4.79. The van der Waals surface area contributed by atoms with Crippen molar-refractivity contribution in [2.24, 2.45) is 0 Å².